The number of piperazine rings is 1. The van der Waals surface area contributed by atoms with Crippen LogP contribution in [0.5, 0.6) is 5.75 Å². The summed E-state index contributed by atoms with van der Waals surface area (Å²) in [4.78, 5) is 21.5. The number of aryl methyl sites for hydroxylation is 1. The standard InChI is InChI=1S/C24H26ClN3O3S/c1-17-22(26-24(31-17)20-5-3-4-6-21(20)25)15-32-16-23(29)28-13-11-27(12-14-28)18-7-9-19(30-2)10-8-18/h3-10H,11-16H2,1-2H3. The molecule has 0 bridgehead atoms. The van der Waals surface area contributed by atoms with Crippen molar-refractivity contribution < 1.29 is 13.9 Å². The Hall–Kier alpha value is -2.64. The number of thioether (sulfide) groups is 1. The molecule has 168 valence electrons. The molecule has 0 radical (unpaired) electrons. The first-order chi connectivity index (χ1) is 15.5. The molecule has 0 spiro atoms. The summed E-state index contributed by atoms with van der Waals surface area (Å²) < 4.78 is 11.0. The van der Waals surface area contributed by atoms with Crippen LogP contribution in [-0.4, -0.2) is 54.8 Å². The molecule has 1 fully saturated rings. The molecule has 1 aliphatic heterocycles. The summed E-state index contributed by atoms with van der Waals surface area (Å²) >= 11 is 7.81. The lowest BCUT2D eigenvalue weighted by Gasteiger charge is -2.36. The molecule has 4 rings (SSSR count). The smallest absolute Gasteiger partial charge is 0.232 e. The lowest BCUT2D eigenvalue weighted by molar-refractivity contribution is -0.128. The number of aromatic nitrogens is 1. The van der Waals surface area contributed by atoms with Crippen LogP contribution < -0.4 is 9.64 Å². The Labute approximate surface area is 197 Å². The van der Waals surface area contributed by atoms with Crippen LogP contribution in [0, 0.1) is 6.92 Å². The fraction of sp³-hybridized carbons (Fsp3) is 0.333. The van der Waals surface area contributed by atoms with E-state index in [0.29, 0.717) is 22.4 Å². The molecule has 8 heteroatoms. The molecular weight excluding hydrogens is 446 g/mol. The highest BCUT2D eigenvalue weighted by Gasteiger charge is 2.22. The normalized spacial score (nSPS) is 14.0. The highest BCUT2D eigenvalue weighted by Crippen LogP contribution is 2.29. The van der Waals surface area contributed by atoms with Crippen molar-refractivity contribution in [2.45, 2.75) is 12.7 Å². The Morgan fingerprint density at radius 3 is 2.53 bits per heavy atom. The molecule has 1 aromatic heterocycles. The molecule has 1 saturated heterocycles. The number of benzene rings is 2. The molecular formula is C24H26ClN3O3S. The van der Waals surface area contributed by atoms with Gasteiger partial charge in [-0.15, -0.1) is 11.8 Å². The van der Waals surface area contributed by atoms with Crippen LogP contribution >= 0.6 is 23.4 Å². The van der Waals surface area contributed by atoms with Crippen LogP contribution in [0.1, 0.15) is 11.5 Å². The third-order valence-electron chi connectivity index (χ3n) is 5.53. The van der Waals surface area contributed by atoms with E-state index in [0.717, 1.165) is 54.6 Å². The number of nitrogens with zero attached hydrogens (tertiary/aromatic N) is 3. The van der Waals surface area contributed by atoms with Crippen LogP contribution in [0.4, 0.5) is 5.69 Å². The summed E-state index contributed by atoms with van der Waals surface area (Å²) in [7, 11) is 1.67. The zero-order valence-electron chi connectivity index (χ0n) is 18.2. The first kappa shape index (κ1) is 22.6. The summed E-state index contributed by atoms with van der Waals surface area (Å²) in [5.74, 6) is 3.34. The van der Waals surface area contributed by atoms with E-state index < -0.39 is 0 Å². The second-order valence-corrected chi connectivity index (χ2v) is 8.95. The highest BCUT2D eigenvalue weighted by molar-refractivity contribution is 7.99. The minimum Gasteiger partial charge on any atom is -0.497 e. The molecule has 1 aliphatic rings. The van der Waals surface area contributed by atoms with Gasteiger partial charge in [-0.1, -0.05) is 23.7 Å². The molecule has 0 unspecified atom stereocenters. The van der Waals surface area contributed by atoms with Crippen molar-refractivity contribution in [2.75, 3.05) is 43.9 Å². The molecule has 1 amide bonds. The zero-order valence-corrected chi connectivity index (χ0v) is 19.8. The lowest BCUT2D eigenvalue weighted by atomic mass is 10.2. The number of anilines is 1. The van der Waals surface area contributed by atoms with Gasteiger partial charge in [0.15, 0.2) is 0 Å². The quantitative estimate of drug-likeness (QED) is 0.488. The number of halogens is 1. The number of methoxy groups -OCH3 is 1. The Morgan fingerprint density at radius 1 is 1.12 bits per heavy atom. The number of rotatable bonds is 7. The van der Waals surface area contributed by atoms with Crippen molar-refractivity contribution in [2.24, 2.45) is 0 Å². The first-order valence-electron chi connectivity index (χ1n) is 10.5. The van der Waals surface area contributed by atoms with Gasteiger partial charge in [0.05, 0.1) is 29.1 Å². The second-order valence-electron chi connectivity index (χ2n) is 7.56. The van der Waals surface area contributed by atoms with Gasteiger partial charge in [-0.3, -0.25) is 4.79 Å². The van der Waals surface area contributed by atoms with Gasteiger partial charge in [0.25, 0.3) is 0 Å². The number of ether oxygens (including phenoxy) is 1. The number of amides is 1. The van der Waals surface area contributed by atoms with Gasteiger partial charge in [0.1, 0.15) is 11.5 Å². The number of carbonyl (C=O) groups excluding carboxylic acids is 1. The van der Waals surface area contributed by atoms with Crippen molar-refractivity contribution in [1.82, 2.24) is 9.88 Å². The van der Waals surface area contributed by atoms with Gasteiger partial charge < -0.3 is 19.0 Å². The number of oxazole rings is 1. The SMILES string of the molecule is COc1ccc(N2CCN(C(=O)CSCc3nc(-c4ccccc4Cl)oc3C)CC2)cc1. The van der Waals surface area contributed by atoms with E-state index >= 15 is 0 Å². The fourth-order valence-electron chi connectivity index (χ4n) is 3.65. The van der Waals surface area contributed by atoms with E-state index in [1.165, 1.54) is 0 Å². The molecule has 32 heavy (non-hydrogen) atoms. The lowest BCUT2D eigenvalue weighted by Crippen LogP contribution is -2.49. The van der Waals surface area contributed by atoms with Crippen molar-refractivity contribution in [3.05, 3.63) is 65.0 Å². The van der Waals surface area contributed by atoms with Crippen molar-refractivity contribution >= 4 is 35.0 Å². The van der Waals surface area contributed by atoms with Crippen molar-refractivity contribution in [3.63, 3.8) is 0 Å². The summed E-state index contributed by atoms with van der Waals surface area (Å²) in [6.45, 7) is 5.00. The average Bonchev–Trinajstić information content (AvgIpc) is 3.19. The minimum atomic E-state index is 0.164. The Balaban J connectivity index is 1.26. The van der Waals surface area contributed by atoms with E-state index in [1.54, 1.807) is 18.9 Å². The average molecular weight is 472 g/mol. The molecule has 0 atom stereocenters. The number of carbonyl (C=O) groups is 1. The summed E-state index contributed by atoms with van der Waals surface area (Å²) in [5, 5.41) is 0.608. The number of hydrogen-bond acceptors (Lipinski definition) is 6. The number of hydrogen-bond donors (Lipinski definition) is 0. The fourth-order valence-corrected chi connectivity index (χ4v) is 4.78. The van der Waals surface area contributed by atoms with Crippen LogP contribution in [0.2, 0.25) is 5.02 Å². The van der Waals surface area contributed by atoms with Crippen LogP contribution in [0.3, 0.4) is 0 Å². The van der Waals surface area contributed by atoms with Gasteiger partial charge >= 0.3 is 0 Å². The molecule has 0 N–H and O–H groups in total. The largest absolute Gasteiger partial charge is 0.497 e. The molecule has 6 nitrogen and oxygen atoms in total. The molecule has 2 aromatic carbocycles. The van der Waals surface area contributed by atoms with E-state index in [4.69, 9.17) is 20.8 Å². The van der Waals surface area contributed by atoms with Crippen molar-refractivity contribution in [1.29, 1.82) is 0 Å². The van der Waals surface area contributed by atoms with Gasteiger partial charge in [-0.05, 0) is 43.3 Å². The monoisotopic (exact) mass is 471 g/mol. The van der Waals surface area contributed by atoms with Gasteiger partial charge in [-0.2, -0.15) is 0 Å². The molecule has 3 aromatic rings. The van der Waals surface area contributed by atoms with Gasteiger partial charge in [0.2, 0.25) is 11.8 Å². The second kappa shape index (κ2) is 10.3. The summed E-state index contributed by atoms with van der Waals surface area (Å²) in [6.07, 6.45) is 0. The Bertz CT molecular complexity index is 1060. The maximum atomic E-state index is 12.7. The predicted octanol–water partition coefficient (Wildman–Crippen LogP) is 4.89. The van der Waals surface area contributed by atoms with E-state index in [1.807, 2.05) is 48.2 Å². The third kappa shape index (κ3) is 5.22. The van der Waals surface area contributed by atoms with Crippen LogP contribution in [0.15, 0.2) is 52.9 Å². The Morgan fingerprint density at radius 2 is 1.84 bits per heavy atom. The summed E-state index contributed by atoms with van der Waals surface area (Å²) in [5.41, 5.74) is 2.78. The van der Waals surface area contributed by atoms with E-state index in [-0.39, 0.29) is 5.91 Å². The molecule has 2 heterocycles. The van der Waals surface area contributed by atoms with Crippen LogP contribution in [-0.2, 0) is 10.5 Å². The maximum absolute atomic E-state index is 12.7. The molecule has 0 aliphatic carbocycles. The zero-order chi connectivity index (χ0) is 22.5. The van der Waals surface area contributed by atoms with Crippen molar-refractivity contribution in [3.8, 4) is 17.2 Å². The van der Waals surface area contributed by atoms with E-state index in [2.05, 4.69) is 22.0 Å². The topological polar surface area (TPSA) is 58.8 Å². The summed E-state index contributed by atoms with van der Waals surface area (Å²) in [6, 6.07) is 15.5. The predicted molar refractivity (Wildman–Crippen MR) is 130 cm³/mol. The van der Waals surface area contributed by atoms with Gasteiger partial charge in [0, 0.05) is 37.6 Å². The van der Waals surface area contributed by atoms with Crippen LogP contribution in [0.25, 0.3) is 11.5 Å². The molecule has 0 saturated carbocycles. The first-order valence-corrected chi connectivity index (χ1v) is 12.0. The van der Waals surface area contributed by atoms with Gasteiger partial charge in [-0.25, -0.2) is 4.98 Å². The van der Waals surface area contributed by atoms with E-state index in [9.17, 15) is 4.79 Å². The minimum absolute atomic E-state index is 0.164. The maximum Gasteiger partial charge on any atom is 0.232 e. The third-order valence-corrected chi connectivity index (χ3v) is 6.79. The Kier molecular flexibility index (Phi) is 7.27. The highest BCUT2D eigenvalue weighted by atomic mass is 35.5.